The molecular formula is C6H12N4S. The lowest BCUT2D eigenvalue weighted by Crippen LogP contribution is -2.10. The van der Waals surface area contributed by atoms with E-state index in [0.717, 1.165) is 5.82 Å². The number of hydrogen-bond acceptors (Lipinski definition) is 3. The van der Waals surface area contributed by atoms with Crippen LogP contribution in [0.3, 0.4) is 0 Å². The summed E-state index contributed by atoms with van der Waals surface area (Å²) < 4.78 is 2.55. The monoisotopic (exact) mass is 172 g/mol. The van der Waals surface area contributed by atoms with Gasteiger partial charge in [0.2, 0.25) is 0 Å². The van der Waals surface area contributed by atoms with Crippen LogP contribution in [-0.2, 0) is 6.54 Å². The van der Waals surface area contributed by atoms with Crippen molar-refractivity contribution in [1.82, 2.24) is 14.8 Å². The molecule has 0 aliphatic heterocycles. The van der Waals surface area contributed by atoms with Crippen molar-refractivity contribution in [2.45, 2.75) is 26.4 Å². The summed E-state index contributed by atoms with van der Waals surface area (Å²) >= 11 is 5.00. The van der Waals surface area contributed by atoms with Crippen LogP contribution in [0, 0.1) is 4.77 Å². The Morgan fingerprint density at radius 1 is 1.73 bits per heavy atom. The van der Waals surface area contributed by atoms with Crippen molar-refractivity contribution in [3.63, 3.8) is 0 Å². The van der Waals surface area contributed by atoms with Crippen LogP contribution in [0.2, 0.25) is 0 Å². The third kappa shape index (κ3) is 1.49. The number of aromatic nitrogens is 3. The minimum Gasteiger partial charge on any atom is -0.324 e. The van der Waals surface area contributed by atoms with Gasteiger partial charge in [0.15, 0.2) is 4.77 Å². The van der Waals surface area contributed by atoms with Crippen molar-refractivity contribution in [3.8, 4) is 0 Å². The van der Waals surface area contributed by atoms with Gasteiger partial charge in [-0.05, 0) is 26.1 Å². The molecule has 0 aromatic carbocycles. The molecular weight excluding hydrogens is 160 g/mol. The second-order valence-corrected chi connectivity index (χ2v) is 3.00. The molecule has 11 heavy (non-hydrogen) atoms. The van der Waals surface area contributed by atoms with Gasteiger partial charge in [0.25, 0.3) is 0 Å². The Labute approximate surface area is 70.4 Å². The molecule has 0 amide bonds. The lowest BCUT2D eigenvalue weighted by molar-refractivity contribution is 0.562. The molecule has 0 aliphatic rings. The van der Waals surface area contributed by atoms with Crippen molar-refractivity contribution >= 4 is 12.2 Å². The summed E-state index contributed by atoms with van der Waals surface area (Å²) in [6.07, 6.45) is 0. The highest BCUT2D eigenvalue weighted by Gasteiger charge is 2.05. The molecule has 0 spiro atoms. The first-order valence-corrected chi connectivity index (χ1v) is 3.93. The molecule has 1 aromatic heterocycles. The Hall–Kier alpha value is -0.680. The molecule has 0 saturated carbocycles. The summed E-state index contributed by atoms with van der Waals surface area (Å²) in [5, 5.41) is 6.68. The Balaban J connectivity index is 3.18. The lowest BCUT2D eigenvalue weighted by atomic mass is 10.4. The molecule has 0 unspecified atom stereocenters. The zero-order valence-electron chi connectivity index (χ0n) is 6.66. The van der Waals surface area contributed by atoms with E-state index < -0.39 is 0 Å². The summed E-state index contributed by atoms with van der Waals surface area (Å²) in [5.41, 5.74) is 5.45. The molecule has 1 aromatic rings. The van der Waals surface area contributed by atoms with E-state index in [0.29, 0.717) is 17.4 Å². The summed E-state index contributed by atoms with van der Waals surface area (Å²) in [6, 6.07) is 0.319. The zero-order chi connectivity index (χ0) is 8.43. The fraction of sp³-hybridized carbons (Fsp3) is 0.667. The van der Waals surface area contributed by atoms with Gasteiger partial charge in [-0.3, -0.25) is 5.10 Å². The van der Waals surface area contributed by atoms with Gasteiger partial charge in [-0.1, -0.05) is 0 Å². The van der Waals surface area contributed by atoms with Crippen LogP contribution < -0.4 is 5.73 Å². The summed E-state index contributed by atoms with van der Waals surface area (Å²) in [4.78, 5) is 0. The smallest absolute Gasteiger partial charge is 0.195 e. The van der Waals surface area contributed by atoms with Gasteiger partial charge >= 0.3 is 0 Å². The number of nitrogens with zero attached hydrogens (tertiary/aromatic N) is 2. The maximum Gasteiger partial charge on any atom is 0.195 e. The maximum atomic E-state index is 5.45. The number of aromatic amines is 1. The number of hydrogen-bond donors (Lipinski definition) is 2. The second-order valence-electron chi connectivity index (χ2n) is 2.61. The maximum absolute atomic E-state index is 5.45. The fourth-order valence-electron chi connectivity index (χ4n) is 1.01. The number of rotatable bonds is 2. The highest BCUT2D eigenvalue weighted by atomic mass is 32.1. The quantitative estimate of drug-likeness (QED) is 0.654. The molecule has 0 bridgehead atoms. The van der Waals surface area contributed by atoms with E-state index in [9.17, 15) is 0 Å². The van der Waals surface area contributed by atoms with E-state index in [1.165, 1.54) is 0 Å². The Morgan fingerprint density at radius 3 is 2.73 bits per heavy atom. The van der Waals surface area contributed by atoms with Crippen molar-refractivity contribution in [2.24, 2.45) is 5.73 Å². The van der Waals surface area contributed by atoms with E-state index in [1.807, 2.05) is 18.4 Å². The average Bonchev–Trinajstić information content (AvgIpc) is 2.30. The van der Waals surface area contributed by atoms with Gasteiger partial charge in [0.1, 0.15) is 5.82 Å². The Morgan fingerprint density at radius 2 is 2.36 bits per heavy atom. The van der Waals surface area contributed by atoms with Gasteiger partial charge < -0.3 is 10.3 Å². The Kier molecular flexibility index (Phi) is 2.41. The largest absolute Gasteiger partial charge is 0.324 e. The third-order valence-electron chi connectivity index (χ3n) is 1.48. The van der Waals surface area contributed by atoms with Crippen LogP contribution in [0.25, 0.3) is 0 Å². The van der Waals surface area contributed by atoms with Gasteiger partial charge in [0, 0.05) is 6.04 Å². The molecule has 0 radical (unpaired) electrons. The van der Waals surface area contributed by atoms with Gasteiger partial charge in [-0.25, -0.2) is 0 Å². The van der Waals surface area contributed by atoms with Crippen molar-refractivity contribution < 1.29 is 0 Å². The standard InChI is InChI=1S/C6H12N4S/c1-4(2)10-5(3-7)8-9-6(10)11/h4H,3,7H2,1-2H3,(H,9,11). The van der Waals surface area contributed by atoms with Crippen LogP contribution >= 0.6 is 12.2 Å². The summed E-state index contributed by atoms with van der Waals surface area (Å²) in [5.74, 6) is 0.810. The van der Waals surface area contributed by atoms with Crippen molar-refractivity contribution in [2.75, 3.05) is 0 Å². The normalized spacial score (nSPS) is 10.9. The highest BCUT2D eigenvalue weighted by Crippen LogP contribution is 2.06. The average molecular weight is 172 g/mol. The van der Waals surface area contributed by atoms with E-state index in [2.05, 4.69) is 10.2 Å². The minimum atomic E-state index is 0.319. The fourth-order valence-corrected chi connectivity index (χ4v) is 1.38. The summed E-state index contributed by atoms with van der Waals surface area (Å²) in [7, 11) is 0. The number of H-pyrrole nitrogens is 1. The van der Waals surface area contributed by atoms with E-state index in [1.54, 1.807) is 0 Å². The highest BCUT2D eigenvalue weighted by molar-refractivity contribution is 7.71. The first-order valence-electron chi connectivity index (χ1n) is 3.52. The van der Waals surface area contributed by atoms with Crippen LogP contribution in [0.5, 0.6) is 0 Å². The van der Waals surface area contributed by atoms with Crippen LogP contribution in [0.1, 0.15) is 25.7 Å². The first kappa shape index (κ1) is 8.42. The van der Waals surface area contributed by atoms with Gasteiger partial charge in [-0.15, -0.1) is 0 Å². The molecule has 62 valence electrons. The van der Waals surface area contributed by atoms with Crippen LogP contribution in [0.15, 0.2) is 0 Å². The van der Waals surface area contributed by atoms with Gasteiger partial charge in [-0.2, -0.15) is 5.10 Å². The lowest BCUT2D eigenvalue weighted by Gasteiger charge is -2.07. The predicted molar refractivity (Wildman–Crippen MR) is 45.7 cm³/mol. The minimum absolute atomic E-state index is 0.319. The second kappa shape index (κ2) is 3.15. The van der Waals surface area contributed by atoms with Crippen molar-refractivity contribution in [3.05, 3.63) is 10.6 Å². The SMILES string of the molecule is CC(C)n1c(CN)n[nH]c1=S. The van der Waals surface area contributed by atoms with Crippen LogP contribution in [0.4, 0.5) is 0 Å². The van der Waals surface area contributed by atoms with E-state index in [-0.39, 0.29) is 0 Å². The molecule has 1 heterocycles. The molecule has 0 fully saturated rings. The zero-order valence-corrected chi connectivity index (χ0v) is 7.48. The third-order valence-corrected chi connectivity index (χ3v) is 1.76. The van der Waals surface area contributed by atoms with Crippen LogP contribution in [-0.4, -0.2) is 14.8 Å². The molecule has 3 N–H and O–H groups in total. The molecule has 0 atom stereocenters. The van der Waals surface area contributed by atoms with E-state index in [4.69, 9.17) is 18.0 Å². The summed E-state index contributed by atoms with van der Waals surface area (Å²) in [6.45, 7) is 4.51. The molecule has 0 saturated heterocycles. The molecule has 0 aliphatic carbocycles. The molecule has 5 heteroatoms. The van der Waals surface area contributed by atoms with E-state index >= 15 is 0 Å². The first-order chi connectivity index (χ1) is 5.16. The predicted octanol–water partition coefficient (Wildman–Crippen LogP) is 0.980. The topological polar surface area (TPSA) is 59.6 Å². The molecule has 1 rings (SSSR count). The Bertz CT molecular complexity index is 285. The number of nitrogens with two attached hydrogens (primary N) is 1. The van der Waals surface area contributed by atoms with Crippen molar-refractivity contribution in [1.29, 1.82) is 0 Å². The molecule has 4 nitrogen and oxygen atoms in total. The number of nitrogens with one attached hydrogen (secondary N) is 1. The van der Waals surface area contributed by atoms with Gasteiger partial charge in [0.05, 0.1) is 6.54 Å².